The number of rotatable bonds is 4. The molecule has 3 rings (SSSR count). The number of aryl methyl sites for hydroxylation is 2. The van der Waals surface area contributed by atoms with E-state index in [1.165, 1.54) is 5.56 Å². The van der Waals surface area contributed by atoms with Crippen molar-refractivity contribution in [3.63, 3.8) is 0 Å². The number of amides is 1. The van der Waals surface area contributed by atoms with Crippen LogP contribution in [0.15, 0.2) is 18.2 Å². The summed E-state index contributed by atoms with van der Waals surface area (Å²) in [5.74, 6) is -1.19. The number of ether oxygens (including phenoxy) is 1. The molecule has 1 amide bonds. The minimum Gasteiger partial charge on any atom is -0.481 e. The number of aromatic nitrogens is 1. The van der Waals surface area contributed by atoms with Crippen molar-refractivity contribution in [2.45, 2.75) is 38.6 Å². The summed E-state index contributed by atoms with van der Waals surface area (Å²) in [6.45, 7) is 4.97. The highest BCUT2D eigenvalue weighted by atomic mass is 16.5. The molecule has 0 aliphatic carbocycles. The van der Waals surface area contributed by atoms with Gasteiger partial charge >= 0.3 is 5.97 Å². The highest BCUT2D eigenvalue weighted by molar-refractivity contribution is 5.99. The Morgan fingerprint density at radius 2 is 2.00 bits per heavy atom. The molecule has 0 radical (unpaired) electrons. The summed E-state index contributed by atoms with van der Waals surface area (Å²) < 4.78 is 5.32. The van der Waals surface area contributed by atoms with Crippen LogP contribution in [0.3, 0.4) is 0 Å². The van der Waals surface area contributed by atoms with Crippen molar-refractivity contribution in [2.75, 3.05) is 13.2 Å². The van der Waals surface area contributed by atoms with Gasteiger partial charge in [0.1, 0.15) is 5.69 Å². The van der Waals surface area contributed by atoms with Gasteiger partial charge in [-0.2, -0.15) is 0 Å². The SMILES string of the molecule is Cc1ccc2[nH]c(C(=O)NC3(CC(=O)O)CCOCC3)cc2c1C. The van der Waals surface area contributed by atoms with E-state index in [-0.39, 0.29) is 12.3 Å². The zero-order chi connectivity index (χ0) is 17.3. The summed E-state index contributed by atoms with van der Waals surface area (Å²) in [5.41, 5.74) is 2.91. The number of carbonyl (C=O) groups is 2. The number of aromatic amines is 1. The molecule has 0 atom stereocenters. The van der Waals surface area contributed by atoms with Gasteiger partial charge in [-0.3, -0.25) is 9.59 Å². The zero-order valence-corrected chi connectivity index (χ0v) is 13.9. The number of carboxylic acids is 1. The maximum atomic E-state index is 12.7. The van der Waals surface area contributed by atoms with Crippen LogP contribution in [-0.4, -0.2) is 40.7 Å². The number of carboxylic acid groups (broad SMARTS) is 1. The Labute approximate surface area is 140 Å². The van der Waals surface area contributed by atoms with Gasteiger partial charge in [0.05, 0.1) is 12.0 Å². The maximum Gasteiger partial charge on any atom is 0.305 e. The summed E-state index contributed by atoms with van der Waals surface area (Å²) in [5, 5.41) is 13.2. The van der Waals surface area contributed by atoms with Crippen LogP contribution < -0.4 is 5.32 Å². The quantitative estimate of drug-likeness (QED) is 0.803. The molecule has 0 saturated carbocycles. The summed E-state index contributed by atoms with van der Waals surface area (Å²) in [7, 11) is 0. The fourth-order valence-corrected chi connectivity index (χ4v) is 3.29. The number of H-pyrrole nitrogens is 1. The van der Waals surface area contributed by atoms with E-state index in [0.717, 1.165) is 16.5 Å². The third-order valence-corrected chi connectivity index (χ3v) is 4.91. The van der Waals surface area contributed by atoms with Gasteiger partial charge < -0.3 is 20.1 Å². The molecule has 1 aromatic heterocycles. The fraction of sp³-hybridized carbons (Fsp3) is 0.444. The molecule has 6 heteroatoms. The van der Waals surface area contributed by atoms with Crippen LogP contribution in [-0.2, 0) is 9.53 Å². The van der Waals surface area contributed by atoms with Crippen LogP contribution in [0.2, 0.25) is 0 Å². The molecule has 1 saturated heterocycles. The van der Waals surface area contributed by atoms with Gasteiger partial charge in [0.15, 0.2) is 0 Å². The van der Waals surface area contributed by atoms with Crippen molar-refractivity contribution in [3.05, 3.63) is 35.0 Å². The topological polar surface area (TPSA) is 91.4 Å². The molecule has 128 valence electrons. The molecule has 0 spiro atoms. The van der Waals surface area contributed by atoms with Crippen LogP contribution >= 0.6 is 0 Å². The minimum absolute atomic E-state index is 0.0968. The predicted octanol–water partition coefficient (Wildman–Crippen LogP) is 2.54. The monoisotopic (exact) mass is 330 g/mol. The molecular weight excluding hydrogens is 308 g/mol. The van der Waals surface area contributed by atoms with Crippen molar-refractivity contribution in [2.24, 2.45) is 0 Å². The predicted molar refractivity (Wildman–Crippen MR) is 90.3 cm³/mol. The van der Waals surface area contributed by atoms with Crippen molar-refractivity contribution in [1.29, 1.82) is 0 Å². The Hall–Kier alpha value is -2.34. The number of aliphatic carboxylic acids is 1. The highest BCUT2D eigenvalue weighted by Crippen LogP contribution is 2.26. The second-order valence-corrected chi connectivity index (χ2v) is 6.57. The van der Waals surface area contributed by atoms with Crippen molar-refractivity contribution in [3.8, 4) is 0 Å². The number of hydrogen-bond donors (Lipinski definition) is 3. The molecule has 2 aromatic rings. The van der Waals surface area contributed by atoms with Crippen LogP contribution in [0.5, 0.6) is 0 Å². The Morgan fingerprint density at radius 3 is 2.67 bits per heavy atom. The van der Waals surface area contributed by atoms with Crippen molar-refractivity contribution in [1.82, 2.24) is 10.3 Å². The Morgan fingerprint density at radius 1 is 1.29 bits per heavy atom. The summed E-state index contributed by atoms with van der Waals surface area (Å²) in [4.78, 5) is 27.0. The van der Waals surface area contributed by atoms with Crippen LogP contribution in [0, 0.1) is 13.8 Å². The Bertz CT molecular complexity index is 788. The summed E-state index contributed by atoms with van der Waals surface area (Å²) in [6, 6.07) is 5.80. The first kappa shape index (κ1) is 16.5. The van der Waals surface area contributed by atoms with E-state index >= 15 is 0 Å². The van der Waals surface area contributed by atoms with Crippen molar-refractivity contribution >= 4 is 22.8 Å². The van der Waals surface area contributed by atoms with Gasteiger partial charge in [-0.25, -0.2) is 0 Å². The van der Waals surface area contributed by atoms with E-state index in [1.807, 2.05) is 32.0 Å². The lowest BCUT2D eigenvalue weighted by Crippen LogP contribution is -2.53. The molecule has 2 heterocycles. The molecule has 24 heavy (non-hydrogen) atoms. The largest absolute Gasteiger partial charge is 0.481 e. The average Bonchev–Trinajstić information content (AvgIpc) is 2.96. The van der Waals surface area contributed by atoms with Gasteiger partial charge in [0.25, 0.3) is 5.91 Å². The van der Waals surface area contributed by atoms with E-state index in [4.69, 9.17) is 4.74 Å². The van der Waals surface area contributed by atoms with Gasteiger partial charge in [-0.1, -0.05) is 6.07 Å². The fourth-order valence-electron chi connectivity index (χ4n) is 3.29. The first-order valence-electron chi connectivity index (χ1n) is 8.11. The van der Waals surface area contributed by atoms with E-state index in [2.05, 4.69) is 10.3 Å². The molecule has 1 aliphatic heterocycles. The van der Waals surface area contributed by atoms with Gasteiger partial charge in [-0.05, 0) is 49.9 Å². The third kappa shape index (κ3) is 3.14. The standard InChI is InChI=1S/C18H22N2O4/c1-11-3-4-14-13(12(11)2)9-15(19-14)17(23)20-18(10-16(21)22)5-7-24-8-6-18/h3-4,9,19H,5-8,10H2,1-2H3,(H,20,23)(H,21,22). The number of nitrogens with one attached hydrogen (secondary N) is 2. The second kappa shape index (κ2) is 6.28. The summed E-state index contributed by atoms with van der Waals surface area (Å²) in [6.07, 6.45) is 0.910. The van der Waals surface area contributed by atoms with Gasteiger partial charge in [0, 0.05) is 24.1 Å². The van der Waals surface area contributed by atoms with E-state index in [0.29, 0.717) is 31.7 Å². The molecule has 1 aliphatic rings. The molecule has 0 bridgehead atoms. The lowest BCUT2D eigenvalue weighted by atomic mass is 9.86. The van der Waals surface area contributed by atoms with Crippen molar-refractivity contribution < 1.29 is 19.4 Å². The number of fused-ring (bicyclic) bond motifs is 1. The first-order valence-corrected chi connectivity index (χ1v) is 8.11. The molecule has 3 N–H and O–H groups in total. The van der Waals surface area contributed by atoms with Gasteiger partial charge in [-0.15, -0.1) is 0 Å². The molecule has 1 fully saturated rings. The number of carbonyl (C=O) groups excluding carboxylic acids is 1. The molecular formula is C18H22N2O4. The van der Waals surface area contributed by atoms with Crippen LogP contribution in [0.1, 0.15) is 40.9 Å². The second-order valence-electron chi connectivity index (χ2n) is 6.57. The highest BCUT2D eigenvalue weighted by Gasteiger charge is 2.36. The van der Waals surface area contributed by atoms with Crippen LogP contribution in [0.25, 0.3) is 10.9 Å². The third-order valence-electron chi connectivity index (χ3n) is 4.91. The average molecular weight is 330 g/mol. The van der Waals surface area contributed by atoms with E-state index < -0.39 is 11.5 Å². The molecule has 0 unspecified atom stereocenters. The lowest BCUT2D eigenvalue weighted by Gasteiger charge is -2.36. The lowest BCUT2D eigenvalue weighted by molar-refractivity contribution is -0.139. The van der Waals surface area contributed by atoms with E-state index in [9.17, 15) is 14.7 Å². The maximum absolute atomic E-state index is 12.7. The number of benzene rings is 1. The summed E-state index contributed by atoms with van der Waals surface area (Å²) >= 11 is 0. The molecule has 6 nitrogen and oxygen atoms in total. The van der Waals surface area contributed by atoms with Crippen LogP contribution in [0.4, 0.5) is 0 Å². The number of hydrogen-bond acceptors (Lipinski definition) is 3. The van der Waals surface area contributed by atoms with Gasteiger partial charge in [0.2, 0.25) is 0 Å². The normalized spacial score (nSPS) is 16.9. The first-order chi connectivity index (χ1) is 11.4. The minimum atomic E-state index is -0.916. The smallest absolute Gasteiger partial charge is 0.305 e. The zero-order valence-electron chi connectivity index (χ0n) is 13.9. The van der Waals surface area contributed by atoms with E-state index in [1.54, 1.807) is 0 Å². The molecule has 1 aromatic carbocycles. The Balaban J connectivity index is 1.87. The Kier molecular flexibility index (Phi) is 4.32.